The van der Waals surface area contributed by atoms with Crippen LogP contribution in [-0.2, 0) is 0 Å². The SMILES string of the molecule is CN1C(=Cc2cc(N3CCN(/C=C4C=C(/C=C5/Sc6ccccc6N5C)c5ccccc5N\4c4ccccc4)CC3)[n+](-c3ccccc3)c3ccccc23)Sc2ccccc21. The average molecular weight is 830 g/mol. The molecule has 298 valence electrons. The number of nitrogens with zero attached hydrogens (tertiary/aromatic N) is 6. The van der Waals surface area contributed by atoms with E-state index in [1.54, 1.807) is 0 Å². The standard InChI is InChI=1S/C53H45N6S2/c1-54-47-25-13-15-27-49(47)60-52(54)35-38-33-42(58(40-17-5-3-6-18-40)45-23-11-9-21-43(38)45)37-56-29-31-57(32-30-56)51-34-39(36-53-55(2)48-26-14-16-28-50(48)61-53)44-22-10-12-24-46(44)59(51)41-19-7-4-8-20-41/h3-28,33-37H,29-32H2,1-2H3/q+1/b42-37+,52-35+. The van der Waals surface area contributed by atoms with Crippen molar-refractivity contribution in [3.8, 4) is 5.69 Å². The van der Waals surface area contributed by atoms with Crippen LogP contribution in [-0.4, -0.2) is 45.2 Å². The van der Waals surface area contributed by atoms with E-state index in [4.69, 9.17) is 0 Å². The molecular weight excluding hydrogens is 785 g/mol. The Kier molecular flexibility index (Phi) is 9.67. The molecule has 6 nitrogen and oxygen atoms in total. The van der Waals surface area contributed by atoms with Gasteiger partial charge in [0, 0.05) is 52.8 Å². The molecule has 8 heteroatoms. The smallest absolute Gasteiger partial charge is 0.282 e. The lowest BCUT2D eigenvalue weighted by molar-refractivity contribution is -0.554. The number of hydrogen-bond acceptors (Lipinski definition) is 7. The first kappa shape index (κ1) is 37.4. The highest BCUT2D eigenvalue weighted by Crippen LogP contribution is 2.49. The van der Waals surface area contributed by atoms with Crippen LogP contribution in [0.25, 0.3) is 28.2 Å². The summed E-state index contributed by atoms with van der Waals surface area (Å²) in [4.78, 5) is 14.7. The molecule has 1 fully saturated rings. The van der Waals surface area contributed by atoms with Crippen molar-refractivity contribution in [2.75, 3.05) is 59.9 Å². The summed E-state index contributed by atoms with van der Waals surface area (Å²) in [6.07, 6.45) is 9.53. The molecule has 0 amide bonds. The zero-order valence-electron chi connectivity index (χ0n) is 34.2. The number of hydrogen-bond donors (Lipinski definition) is 0. The van der Waals surface area contributed by atoms with Crippen molar-refractivity contribution in [3.05, 3.63) is 209 Å². The molecular formula is C53H45N6S2+. The fraction of sp³-hybridized carbons (Fsp3) is 0.113. The number of pyridine rings is 1. The van der Waals surface area contributed by atoms with E-state index < -0.39 is 0 Å². The van der Waals surface area contributed by atoms with E-state index in [1.165, 1.54) is 70.3 Å². The normalized spacial score (nSPS) is 18.0. The minimum absolute atomic E-state index is 0.882. The molecule has 4 aliphatic rings. The van der Waals surface area contributed by atoms with Crippen LogP contribution in [0.2, 0.25) is 0 Å². The second kappa shape index (κ2) is 15.8. The predicted molar refractivity (Wildman–Crippen MR) is 258 cm³/mol. The number of aromatic nitrogens is 1. The van der Waals surface area contributed by atoms with Crippen LogP contribution in [0.3, 0.4) is 0 Å². The first-order valence-electron chi connectivity index (χ1n) is 20.9. The second-order valence-electron chi connectivity index (χ2n) is 15.7. The van der Waals surface area contributed by atoms with Gasteiger partial charge in [0.2, 0.25) is 0 Å². The van der Waals surface area contributed by atoms with Gasteiger partial charge in [-0.25, -0.2) is 0 Å². The first-order valence-corrected chi connectivity index (χ1v) is 22.6. The zero-order valence-corrected chi connectivity index (χ0v) is 35.9. The molecule has 0 N–H and O–H groups in total. The Morgan fingerprint density at radius 1 is 0.557 bits per heavy atom. The third kappa shape index (κ3) is 6.86. The van der Waals surface area contributed by atoms with Crippen LogP contribution < -0.4 is 24.2 Å². The second-order valence-corrected chi connectivity index (χ2v) is 17.9. The van der Waals surface area contributed by atoms with Crippen LogP contribution in [0, 0.1) is 0 Å². The zero-order chi connectivity index (χ0) is 40.9. The van der Waals surface area contributed by atoms with E-state index in [9.17, 15) is 0 Å². The predicted octanol–water partition coefficient (Wildman–Crippen LogP) is 11.9. The minimum atomic E-state index is 0.882. The Morgan fingerprint density at radius 2 is 1.13 bits per heavy atom. The number of allylic oxidation sites excluding steroid dienone is 3. The monoisotopic (exact) mass is 829 g/mol. The van der Waals surface area contributed by atoms with Crippen molar-refractivity contribution < 1.29 is 4.57 Å². The van der Waals surface area contributed by atoms with Crippen molar-refractivity contribution in [2.24, 2.45) is 0 Å². The molecule has 4 aliphatic heterocycles. The molecule has 6 aromatic carbocycles. The summed E-state index contributed by atoms with van der Waals surface area (Å²) in [5, 5.41) is 3.69. The van der Waals surface area contributed by atoms with Crippen molar-refractivity contribution in [3.63, 3.8) is 0 Å². The molecule has 1 saturated heterocycles. The van der Waals surface area contributed by atoms with Crippen molar-refractivity contribution >= 4 is 74.6 Å². The quantitative estimate of drug-likeness (QED) is 0.154. The molecule has 5 heterocycles. The molecule has 0 spiro atoms. The van der Waals surface area contributed by atoms with E-state index in [2.05, 4.69) is 231 Å². The number of anilines is 5. The van der Waals surface area contributed by atoms with Crippen LogP contribution in [0.5, 0.6) is 0 Å². The molecule has 0 atom stereocenters. The van der Waals surface area contributed by atoms with Crippen LogP contribution >= 0.6 is 23.5 Å². The Hall–Kier alpha value is -6.61. The highest BCUT2D eigenvalue weighted by atomic mass is 32.2. The van der Waals surface area contributed by atoms with Gasteiger partial charge in [0.15, 0.2) is 0 Å². The van der Waals surface area contributed by atoms with Crippen molar-refractivity contribution in [1.82, 2.24) is 4.90 Å². The largest absolute Gasteiger partial charge is 0.368 e. The van der Waals surface area contributed by atoms with Gasteiger partial charge in [0.1, 0.15) is 24.3 Å². The van der Waals surface area contributed by atoms with Gasteiger partial charge in [-0.05, 0) is 90.0 Å². The van der Waals surface area contributed by atoms with Crippen LogP contribution in [0.15, 0.2) is 208 Å². The summed E-state index contributed by atoms with van der Waals surface area (Å²) < 4.78 is 2.46. The maximum atomic E-state index is 2.58. The van der Waals surface area contributed by atoms with Gasteiger partial charge >= 0.3 is 0 Å². The van der Waals surface area contributed by atoms with Gasteiger partial charge in [-0.3, -0.25) is 4.90 Å². The molecule has 0 saturated carbocycles. The van der Waals surface area contributed by atoms with Gasteiger partial charge in [-0.2, -0.15) is 4.57 Å². The summed E-state index contributed by atoms with van der Waals surface area (Å²) in [6, 6.07) is 59.1. The van der Waals surface area contributed by atoms with Gasteiger partial charge in [0.25, 0.3) is 5.82 Å². The molecule has 1 aromatic heterocycles. The maximum absolute atomic E-state index is 2.58. The molecule has 7 aromatic rings. The van der Waals surface area contributed by atoms with E-state index >= 15 is 0 Å². The van der Waals surface area contributed by atoms with E-state index in [0.717, 1.165) is 43.3 Å². The molecule has 0 radical (unpaired) electrons. The number of rotatable bonds is 6. The Labute approximate surface area is 366 Å². The third-order valence-corrected chi connectivity index (χ3v) is 14.4. The number of thioether (sulfide) groups is 2. The van der Waals surface area contributed by atoms with Gasteiger partial charge in [-0.15, -0.1) is 0 Å². The number of para-hydroxylation sites is 6. The summed E-state index contributed by atoms with van der Waals surface area (Å²) in [5.74, 6) is 1.21. The average Bonchev–Trinajstić information content (AvgIpc) is 3.81. The fourth-order valence-corrected chi connectivity index (χ4v) is 11.2. The van der Waals surface area contributed by atoms with Gasteiger partial charge in [0.05, 0.1) is 45.9 Å². The topological polar surface area (TPSA) is 20.1 Å². The maximum Gasteiger partial charge on any atom is 0.282 e. The number of piperazine rings is 1. The molecule has 0 aliphatic carbocycles. The molecule has 0 unspecified atom stereocenters. The van der Waals surface area contributed by atoms with Gasteiger partial charge < -0.3 is 19.6 Å². The molecule has 11 rings (SSSR count). The highest BCUT2D eigenvalue weighted by Gasteiger charge is 2.31. The van der Waals surface area contributed by atoms with E-state index in [1.807, 2.05) is 23.5 Å². The highest BCUT2D eigenvalue weighted by molar-refractivity contribution is 8.04. The summed E-state index contributed by atoms with van der Waals surface area (Å²) in [6.45, 7) is 3.54. The van der Waals surface area contributed by atoms with Gasteiger partial charge in [-0.1, -0.05) is 121 Å². The lowest BCUT2D eigenvalue weighted by atomic mass is 9.96. The van der Waals surface area contributed by atoms with Crippen molar-refractivity contribution in [2.45, 2.75) is 9.79 Å². The Balaban J connectivity index is 0.963. The summed E-state index contributed by atoms with van der Waals surface area (Å²) in [7, 11) is 4.35. The molecule has 61 heavy (non-hydrogen) atoms. The van der Waals surface area contributed by atoms with E-state index in [-0.39, 0.29) is 0 Å². The Morgan fingerprint density at radius 3 is 1.82 bits per heavy atom. The van der Waals surface area contributed by atoms with Crippen molar-refractivity contribution in [1.29, 1.82) is 0 Å². The third-order valence-electron chi connectivity index (χ3n) is 12.1. The minimum Gasteiger partial charge on any atom is -0.368 e. The van der Waals surface area contributed by atoms with E-state index in [0.29, 0.717) is 0 Å². The Bertz CT molecular complexity index is 2930. The number of benzene rings is 6. The number of fused-ring (bicyclic) bond motifs is 4. The lowest BCUT2D eigenvalue weighted by Crippen LogP contribution is -2.50. The fourth-order valence-electron chi connectivity index (χ4n) is 8.98. The lowest BCUT2D eigenvalue weighted by Gasteiger charge is -2.36. The van der Waals surface area contributed by atoms with Crippen LogP contribution in [0.4, 0.5) is 28.6 Å². The summed E-state index contributed by atoms with van der Waals surface area (Å²) in [5.41, 5.74) is 12.0. The first-order chi connectivity index (χ1) is 30.1. The van der Waals surface area contributed by atoms with Crippen LogP contribution in [0.1, 0.15) is 11.1 Å². The molecule has 0 bridgehead atoms. The summed E-state index contributed by atoms with van der Waals surface area (Å²) >= 11 is 3.68.